The molecule has 5 heteroatoms. The number of fused-ring (bicyclic) bond motifs is 1. The summed E-state index contributed by atoms with van der Waals surface area (Å²) in [4.78, 5) is 27.6. The molecule has 0 spiro atoms. The second kappa shape index (κ2) is 5.93. The number of nitrogens with one attached hydrogen (secondary N) is 1. The molecule has 4 nitrogen and oxygen atoms in total. The molecule has 1 aliphatic carbocycles. The van der Waals surface area contributed by atoms with Crippen LogP contribution < -0.4 is 5.32 Å². The highest BCUT2D eigenvalue weighted by molar-refractivity contribution is 7.99. The minimum Gasteiger partial charge on any atom is -0.380 e. The number of thioether (sulfide) groups is 1. The summed E-state index contributed by atoms with van der Waals surface area (Å²) in [5, 5.41) is 3.11. The van der Waals surface area contributed by atoms with Crippen LogP contribution in [0, 0.1) is 0 Å². The molecule has 0 bridgehead atoms. The van der Waals surface area contributed by atoms with E-state index in [4.69, 9.17) is 0 Å². The van der Waals surface area contributed by atoms with Gasteiger partial charge in [-0.15, -0.1) is 0 Å². The van der Waals surface area contributed by atoms with Crippen LogP contribution in [0.25, 0.3) is 0 Å². The third-order valence-corrected chi connectivity index (χ3v) is 4.72. The summed E-state index contributed by atoms with van der Waals surface area (Å²) in [5.74, 6) is 1.88. The summed E-state index contributed by atoms with van der Waals surface area (Å²) < 4.78 is 0. The van der Waals surface area contributed by atoms with E-state index in [0.717, 1.165) is 24.6 Å². The number of Topliss-reactive ketones (excluding diaryl/α,β-unsaturated/α-hetero) is 2. The Morgan fingerprint density at radius 3 is 2.33 bits per heavy atom. The van der Waals surface area contributed by atoms with Gasteiger partial charge in [-0.2, -0.15) is 11.8 Å². The lowest BCUT2D eigenvalue weighted by molar-refractivity contribution is 0.0937. The van der Waals surface area contributed by atoms with Gasteiger partial charge in [0.25, 0.3) is 0 Å². The van der Waals surface area contributed by atoms with E-state index in [1.54, 1.807) is 18.2 Å². The molecule has 3 rings (SSSR count). The molecule has 110 valence electrons. The van der Waals surface area contributed by atoms with Gasteiger partial charge >= 0.3 is 0 Å². The number of ketones is 2. The lowest BCUT2D eigenvalue weighted by Gasteiger charge is -2.33. The van der Waals surface area contributed by atoms with Gasteiger partial charge in [-0.05, 0) is 6.92 Å². The van der Waals surface area contributed by atoms with Crippen LogP contribution in [0.5, 0.6) is 0 Å². The Hall–Kier alpha value is -1.75. The molecule has 1 saturated heterocycles. The van der Waals surface area contributed by atoms with Crippen LogP contribution in [0.4, 0.5) is 0 Å². The number of hydrogen-bond donors (Lipinski definition) is 1. The van der Waals surface area contributed by atoms with E-state index in [-0.39, 0.29) is 11.6 Å². The predicted octanol–water partition coefficient (Wildman–Crippen LogP) is 1.94. The summed E-state index contributed by atoms with van der Waals surface area (Å²) in [6.45, 7) is 4.20. The van der Waals surface area contributed by atoms with Crippen molar-refractivity contribution in [2.75, 3.05) is 31.1 Å². The van der Waals surface area contributed by atoms with Crippen LogP contribution in [-0.2, 0) is 0 Å². The Kier molecular flexibility index (Phi) is 4.01. The Bertz CT molecular complexity index is 618. The second-order valence-corrected chi connectivity index (χ2v) is 6.28. The van der Waals surface area contributed by atoms with Crippen molar-refractivity contribution in [3.8, 4) is 0 Å². The largest absolute Gasteiger partial charge is 0.380 e. The first-order chi connectivity index (χ1) is 10.2. The fourth-order valence-electron chi connectivity index (χ4n) is 2.79. The van der Waals surface area contributed by atoms with Crippen molar-refractivity contribution in [1.82, 2.24) is 10.2 Å². The molecule has 1 fully saturated rings. The highest BCUT2D eigenvalue weighted by Gasteiger charge is 2.35. The summed E-state index contributed by atoms with van der Waals surface area (Å²) in [6.07, 6.45) is 0. The van der Waals surface area contributed by atoms with E-state index in [9.17, 15) is 9.59 Å². The van der Waals surface area contributed by atoms with E-state index < -0.39 is 0 Å². The monoisotopic (exact) mass is 302 g/mol. The van der Waals surface area contributed by atoms with Gasteiger partial charge in [-0.25, -0.2) is 0 Å². The van der Waals surface area contributed by atoms with Crippen LogP contribution in [0.1, 0.15) is 27.6 Å². The van der Waals surface area contributed by atoms with Gasteiger partial charge in [0.1, 0.15) is 11.4 Å². The standard InChI is InChI=1S/C16H18N2O2S/c1-2-17-13-14(18-7-9-21-10-8-18)16(20)12-6-4-3-5-11(12)15(13)19/h3-6,17H,2,7-10H2,1H3. The molecular formula is C16H18N2O2S. The summed E-state index contributed by atoms with van der Waals surface area (Å²) in [7, 11) is 0. The van der Waals surface area contributed by atoms with Gasteiger partial charge in [0.2, 0.25) is 11.6 Å². The van der Waals surface area contributed by atoms with Crippen LogP contribution >= 0.6 is 11.8 Å². The van der Waals surface area contributed by atoms with Gasteiger partial charge < -0.3 is 10.2 Å². The normalized spacial score (nSPS) is 18.8. The van der Waals surface area contributed by atoms with Crippen molar-refractivity contribution < 1.29 is 9.59 Å². The number of hydrogen-bond acceptors (Lipinski definition) is 5. The zero-order chi connectivity index (χ0) is 14.8. The molecular weight excluding hydrogens is 284 g/mol. The molecule has 0 amide bonds. The number of benzene rings is 1. The van der Waals surface area contributed by atoms with Gasteiger partial charge in [-0.1, -0.05) is 24.3 Å². The highest BCUT2D eigenvalue weighted by atomic mass is 32.2. The first-order valence-corrected chi connectivity index (χ1v) is 8.38. The molecule has 0 aromatic heterocycles. The Balaban J connectivity index is 2.09. The van der Waals surface area contributed by atoms with E-state index in [1.165, 1.54) is 0 Å². The van der Waals surface area contributed by atoms with Crippen molar-refractivity contribution in [1.29, 1.82) is 0 Å². The van der Waals surface area contributed by atoms with Crippen molar-refractivity contribution in [2.45, 2.75) is 6.92 Å². The number of likely N-dealkylation sites (N-methyl/N-ethyl adjacent to an activating group) is 1. The Labute approximate surface area is 128 Å². The summed E-state index contributed by atoms with van der Waals surface area (Å²) in [5.41, 5.74) is 2.06. The molecule has 1 aromatic rings. The van der Waals surface area contributed by atoms with Crippen LogP contribution in [-0.4, -0.2) is 47.6 Å². The molecule has 1 aliphatic heterocycles. The zero-order valence-corrected chi connectivity index (χ0v) is 12.8. The Morgan fingerprint density at radius 2 is 1.71 bits per heavy atom. The second-order valence-electron chi connectivity index (χ2n) is 5.06. The molecule has 1 aromatic carbocycles. The van der Waals surface area contributed by atoms with Crippen LogP contribution in [0.15, 0.2) is 35.7 Å². The first kappa shape index (κ1) is 14.2. The van der Waals surface area contributed by atoms with Crippen molar-refractivity contribution in [3.63, 3.8) is 0 Å². The summed E-state index contributed by atoms with van der Waals surface area (Å²) in [6, 6.07) is 7.09. The van der Waals surface area contributed by atoms with E-state index in [1.807, 2.05) is 24.8 Å². The van der Waals surface area contributed by atoms with Gasteiger partial charge in [0.05, 0.1) is 0 Å². The number of allylic oxidation sites excluding steroid dienone is 2. The topological polar surface area (TPSA) is 49.4 Å². The van der Waals surface area contributed by atoms with Crippen LogP contribution in [0.3, 0.4) is 0 Å². The predicted molar refractivity (Wildman–Crippen MR) is 84.7 cm³/mol. The lowest BCUT2D eigenvalue weighted by atomic mass is 9.89. The molecule has 1 N–H and O–H groups in total. The average Bonchev–Trinajstić information content (AvgIpc) is 2.54. The number of rotatable bonds is 3. The SMILES string of the molecule is CCNC1=C(N2CCSCC2)C(=O)c2ccccc2C1=O. The quantitative estimate of drug-likeness (QED) is 0.924. The minimum atomic E-state index is -0.0692. The van der Waals surface area contributed by atoms with E-state index >= 15 is 0 Å². The lowest BCUT2D eigenvalue weighted by Crippen LogP contribution is -2.41. The maximum atomic E-state index is 12.8. The number of carbonyl (C=O) groups excluding carboxylic acids is 2. The van der Waals surface area contributed by atoms with Gasteiger partial charge in [0.15, 0.2) is 0 Å². The molecule has 0 radical (unpaired) electrons. The van der Waals surface area contributed by atoms with Crippen molar-refractivity contribution >= 4 is 23.3 Å². The van der Waals surface area contributed by atoms with E-state index in [0.29, 0.717) is 29.1 Å². The van der Waals surface area contributed by atoms with E-state index in [2.05, 4.69) is 10.2 Å². The van der Waals surface area contributed by atoms with Gasteiger partial charge in [0, 0.05) is 42.3 Å². The number of nitrogens with zero attached hydrogens (tertiary/aromatic N) is 1. The fraction of sp³-hybridized carbons (Fsp3) is 0.375. The Morgan fingerprint density at radius 1 is 1.10 bits per heavy atom. The fourth-order valence-corrected chi connectivity index (χ4v) is 3.69. The third-order valence-electron chi connectivity index (χ3n) is 3.78. The average molecular weight is 302 g/mol. The zero-order valence-electron chi connectivity index (χ0n) is 12.0. The molecule has 0 atom stereocenters. The smallest absolute Gasteiger partial charge is 0.212 e. The van der Waals surface area contributed by atoms with Gasteiger partial charge in [-0.3, -0.25) is 9.59 Å². The van der Waals surface area contributed by atoms with Crippen molar-refractivity contribution in [2.24, 2.45) is 0 Å². The van der Waals surface area contributed by atoms with Crippen molar-refractivity contribution in [3.05, 3.63) is 46.8 Å². The maximum absolute atomic E-state index is 12.8. The molecule has 2 aliphatic rings. The highest BCUT2D eigenvalue weighted by Crippen LogP contribution is 2.28. The first-order valence-electron chi connectivity index (χ1n) is 7.23. The molecule has 0 unspecified atom stereocenters. The maximum Gasteiger partial charge on any atom is 0.212 e. The number of carbonyl (C=O) groups is 2. The summed E-state index contributed by atoms with van der Waals surface area (Å²) >= 11 is 1.88. The minimum absolute atomic E-state index is 0.0342. The molecule has 1 heterocycles. The molecule has 21 heavy (non-hydrogen) atoms. The van der Waals surface area contributed by atoms with Crippen LogP contribution in [0.2, 0.25) is 0 Å². The third kappa shape index (κ3) is 2.46. The molecule has 0 saturated carbocycles.